The molecular weight excluding hydrogens is 512 g/mol. The molecule has 11 heteroatoms. The fourth-order valence-electron chi connectivity index (χ4n) is 9.52. The number of aliphatic hydroxyl groups excluding tert-OH is 5. The number of esters is 1. The highest BCUT2D eigenvalue weighted by molar-refractivity contribution is 5.89. The normalized spacial score (nSPS) is 53.3. The van der Waals surface area contributed by atoms with Crippen LogP contribution in [0.15, 0.2) is 0 Å². The van der Waals surface area contributed by atoms with Gasteiger partial charge in [-0.15, -0.1) is 0 Å². The summed E-state index contributed by atoms with van der Waals surface area (Å²) in [5.74, 6) is -0.988. The maximum Gasteiger partial charge on any atom is 0.337 e. The van der Waals surface area contributed by atoms with Crippen LogP contribution in [0, 0.1) is 34.5 Å². The lowest BCUT2D eigenvalue weighted by molar-refractivity contribution is -0.310. The molecule has 0 spiro atoms. The van der Waals surface area contributed by atoms with Crippen molar-refractivity contribution >= 4 is 11.8 Å². The fourth-order valence-corrected chi connectivity index (χ4v) is 9.52. The molecule has 4 saturated carbocycles. The van der Waals surface area contributed by atoms with Crippen molar-refractivity contribution < 1.29 is 54.4 Å². The van der Waals surface area contributed by atoms with Gasteiger partial charge in [0.1, 0.15) is 30.5 Å². The first-order valence-corrected chi connectivity index (χ1v) is 14.3. The Hall–Kier alpha value is -1.18. The summed E-state index contributed by atoms with van der Waals surface area (Å²) < 4.78 is 16.3. The summed E-state index contributed by atoms with van der Waals surface area (Å²) in [6, 6.07) is 0. The van der Waals surface area contributed by atoms with Crippen LogP contribution >= 0.6 is 0 Å². The summed E-state index contributed by atoms with van der Waals surface area (Å²) in [7, 11) is 1.14. The van der Waals surface area contributed by atoms with Gasteiger partial charge in [0.05, 0.1) is 19.3 Å². The predicted molar refractivity (Wildman–Crippen MR) is 134 cm³/mol. The van der Waals surface area contributed by atoms with Crippen LogP contribution < -0.4 is 0 Å². The van der Waals surface area contributed by atoms with Gasteiger partial charge in [0, 0.05) is 5.41 Å². The largest absolute Gasteiger partial charge is 0.467 e. The number of ether oxygens (including phenoxy) is 3. The van der Waals surface area contributed by atoms with Gasteiger partial charge in [-0.1, -0.05) is 13.8 Å². The average molecular weight is 557 g/mol. The van der Waals surface area contributed by atoms with E-state index >= 15 is 0 Å². The van der Waals surface area contributed by atoms with Crippen molar-refractivity contribution in [2.75, 3.05) is 13.7 Å². The summed E-state index contributed by atoms with van der Waals surface area (Å²) in [6.45, 7) is 3.41. The minimum absolute atomic E-state index is 0.000881. The lowest BCUT2D eigenvalue weighted by Gasteiger charge is -2.63. The van der Waals surface area contributed by atoms with Crippen molar-refractivity contribution in [3.8, 4) is 0 Å². The molecule has 0 aromatic heterocycles. The molecule has 5 aliphatic rings. The van der Waals surface area contributed by atoms with Crippen molar-refractivity contribution in [1.82, 2.24) is 0 Å². The Morgan fingerprint density at radius 1 is 0.974 bits per heavy atom. The third-order valence-electron chi connectivity index (χ3n) is 11.6. The molecule has 11 nitrogen and oxygen atoms in total. The Morgan fingerprint density at radius 3 is 2.36 bits per heavy atom. The molecule has 5 fully saturated rings. The zero-order chi connectivity index (χ0) is 28.5. The highest BCUT2D eigenvalue weighted by Gasteiger charge is 2.68. The molecule has 222 valence electrons. The number of carbonyl (C=O) groups is 2. The number of Topliss-reactive ketones (excluding diaryl/α,β-unsaturated/α-hetero) is 1. The molecule has 1 heterocycles. The average Bonchev–Trinajstić information content (AvgIpc) is 3.18. The maximum atomic E-state index is 12.6. The molecule has 0 aromatic rings. The zero-order valence-corrected chi connectivity index (χ0v) is 22.9. The van der Waals surface area contributed by atoms with Gasteiger partial charge in [-0.05, 0) is 80.5 Å². The van der Waals surface area contributed by atoms with E-state index in [1.807, 2.05) is 6.92 Å². The lowest BCUT2D eigenvalue weighted by atomic mass is 9.43. The quantitative estimate of drug-likeness (QED) is 0.192. The molecule has 6 N–H and O–H groups in total. The van der Waals surface area contributed by atoms with Crippen molar-refractivity contribution in [3.05, 3.63) is 0 Å². The van der Waals surface area contributed by atoms with Crippen molar-refractivity contribution in [3.63, 3.8) is 0 Å². The van der Waals surface area contributed by atoms with Gasteiger partial charge >= 0.3 is 5.97 Å². The van der Waals surface area contributed by atoms with Crippen LogP contribution in [-0.2, 0) is 23.8 Å². The van der Waals surface area contributed by atoms with E-state index in [2.05, 4.69) is 11.7 Å². The maximum absolute atomic E-state index is 12.6. The second kappa shape index (κ2) is 10.3. The van der Waals surface area contributed by atoms with Gasteiger partial charge in [0.15, 0.2) is 18.2 Å². The summed E-state index contributed by atoms with van der Waals surface area (Å²) in [4.78, 5) is 24.6. The summed E-state index contributed by atoms with van der Waals surface area (Å²) in [6.07, 6.45) is -3.57. The third kappa shape index (κ3) is 4.31. The van der Waals surface area contributed by atoms with Gasteiger partial charge in [0.25, 0.3) is 0 Å². The minimum atomic E-state index is -1.64. The van der Waals surface area contributed by atoms with Gasteiger partial charge in [-0.2, -0.15) is 0 Å². The zero-order valence-electron chi connectivity index (χ0n) is 22.9. The van der Waals surface area contributed by atoms with E-state index in [0.717, 1.165) is 26.4 Å². The second-order valence-corrected chi connectivity index (χ2v) is 13.2. The number of fused-ring (bicyclic) bond motifs is 5. The highest BCUT2D eigenvalue weighted by atomic mass is 16.7. The Kier molecular flexibility index (Phi) is 7.72. The number of carbonyl (C=O) groups excluding carboxylic acids is 2. The molecule has 1 aliphatic heterocycles. The first-order chi connectivity index (χ1) is 18.3. The summed E-state index contributed by atoms with van der Waals surface area (Å²) >= 11 is 0. The van der Waals surface area contributed by atoms with E-state index in [1.165, 1.54) is 0 Å². The number of aliphatic hydroxyl groups is 6. The molecule has 0 aromatic carbocycles. The lowest BCUT2D eigenvalue weighted by Crippen LogP contribution is -2.63. The Bertz CT molecular complexity index is 960. The number of hydrogen-bond donors (Lipinski definition) is 6. The van der Waals surface area contributed by atoms with E-state index in [4.69, 9.17) is 9.47 Å². The molecule has 0 unspecified atom stereocenters. The SMILES string of the molecule is COC(=O)[C@H]1O[C@@H](O[C@@H]2CC[C@@]3(C)[C@H](CC[C@@H]4[C@@H]3[C@@H](O)C[C@@]3(C)[C@H]4CC[C@]3(O)C(=O)CO)C2)[C@H](O)[C@@H](O)[C@@H]1O. The standard InChI is InChI=1S/C28H44O11/c1-26-8-6-14(38-25-22(34)20(32)21(33)23(39-25)24(35)37-3)10-13(26)4-5-15-16-7-9-28(36,18(31)12-29)27(16,2)11-17(30)19(15)26/h13-17,19-23,25,29-30,32-34,36H,4-12H2,1-3H3/t13-,14-,15+,16+,17+,19-,20+,21+,22-,23+,25-,26+,27+,28+/m1/s1. The van der Waals surface area contributed by atoms with Gasteiger partial charge < -0.3 is 44.8 Å². The van der Waals surface area contributed by atoms with Gasteiger partial charge in [-0.25, -0.2) is 4.79 Å². The van der Waals surface area contributed by atoms with E-state index in [9.17, 15) is 40.2 Å². The van der Waals surface area contributed by atoms with E-state index in [1.54, 1.807) is 0 Å². The van der Waals surface area contributed by atoms with Crippen LogP contribution in [0.1, 0.15) is 65.2 Å². The molecule has 14 atom stereocenters. The smallest absolute Gasteiger partial charge is 0.337 e. The van der Waals surface area contributed by atoms with Crippen LogP contribution in [0.2, 0.25) is 0 Å². The number of hydrogen-bond acceptors (Lipinski definition) is 11. The monoisotopic (exact) mass is 556 g/mol. The van der Waals surface area contributed by atoms with Crippen molar-refractivity contribution in [2.24, 2.45) is 34.5 Å². The summed E-state index contributed by atoms with van der Waals surface area (Å²) in [5.41, 5.74) is -2.60. The summed E-state index contributed by atoms with van der Waals surface area (Å²) in [5, 5.41) is 63.4. The van der Waals surface area contributed by atoms with Gasteiger partial charge in [-0.3, -0.25) is 4.79 Å². The number of rotatable bonds is 5. The molecule has 0 radical (unpaired) electrons. The number of ketones is 1. The molecule has 4 aliphatic carbocycles. The van der Waals surface area contributed by atoms with E-state index in [0.29, 0.717) is 32.1 Å². The van der Waals surface area contributed by atoms with Crippen molar-refractivity contribution in [2.45, 2.75) is 114 Å². The predicted octanol–water partition coefficient (Wildman–Crippen LogP) is -0.342. The van der Waals surface area contributed by atoms with E-state index < -0.39 is 66.2 Å². The van der Waals surface area contributed by atoms with Crippen LogP contribution in [-0.4, -0.2) is 105 Å². The van der Waals surface area contributed by atoms with Crippen LogP contribution in [0.25, 0.3) is 0 Å². The first kappa shape index (κ1) is 29.3. The fraction of sp³-hybridized carbons (Fsp3) is 0.929. The Morgan fingerprint density at radius 2 is 1.69 bits per heavy atom. The van der Waals surface area contributed by atoms with Crippen LogP contribution in [0.5, 0.6) is 0 Å². The number of methoxy groups -OCH3 is 1. The molecule has 39 heavy (non-hydrogen) atoms. The molecule has 1 saturated heterocycles. The highest BCUT2D eigenvalue weighted by Crippen LogP contribution is 2.68. The van der Waals surface area contributed by atoms with Gasteiger partial charge in [0.2, 0.25) is 0 Å². The van der Waals surface area contributed by atoms with Crippen LogP contribution in [0.3, 0.4) is 0 Å². The topological polar surface area (TPSA) is 183 Å². The van der Waals surface area contributed by atoms with Crippen molar-refractivity contribution in [1.29, 1.82) is 0 Å². The third-order valence-corrected chi connectivity index (χ3v) is 11.6. The van der Waals surface area contributed by atoms with Crippen LogP contribution in [0.4, 0.5) is 0 Å². The molecule has 5 rings (SSSR count). The van der Waals surface area contributed by atoms with E-state index in [-0.39, 0.29) is 35.2 Å². The first-order valence-electron chi connectivity index (χ1n) is 14.3. The molecule has 0 bridgehead atoms. The Labute approximate surface area is 228 Å². The molecule has 0 amide bonds. The Balaban J connectivity index is 1.30. The second-order valence-electron chi connectivity index (χ2n) is 13.2. The molecular formula is C28H44O11. The minimum Gasteiger partial charge on any atom is -0.467 e.